The van der Waals surface area contributed by atoms with E-state index in [9.17, 15) is 29.5 Å². The number of para-hydroxylation sites is 1. The maximum atomic E-state index is 13.7. The van der Waals surface area contributed by atoms with E-state index in [1.54, 1.807) is 18.2 Å². The summed E-state index contributed by atoms with van der Waals surface area (Å²) >= 11 is 0. The van der Waals surface area contributed by atoms with E-state index >= 15 is 0 Å². The standard InChI is InChI=1S/C22H29N4O11P/c1-12(23)17-20(30)26(11-24-17)21-19(29)18(28)15(36-21)10-35-38(32,37-13-7-5-4-6-8-13)25-14(22(31)34-3)9-16(27)33-2/h4-8,11,14-15,18-19,21,28-30H,1,9-10,23H2,2-3H3,(H,25,32)/t14-,15+,18+,19+,21+,38?/m0/s1. The van der Waals surface area contributed by atoms with Gasteiger partial charge in [0, 0.05) is 0 Å². The normalized spacial score (nSPS) is 23.3. The molecule has 0 saturated carbocycles. The number of nitrogens with zero attached hydrogens (tertiary/aromatic N) is 2. The number of aromatic hydroxyl groups is 1. The molecule has 1 aliphatic rings. The molecule has 6 atom stereocenters. The predicted octanol–water partition coefficient (Wildman–Crippen LogP) is 0.0353. The maximum Gasteiger partial charge on any atom is 0.459 e. The van der Waals surface area contributed by atoms with E-state index < -0.39 is 69.2 Å². The minimum atomic E-state index is -4.47. The van der Waals surface area contributed by atoms with E-state index in [4.69, 9.17) is 19.5 Å². The molecular formula is C22H29N4O11P. The molecule has 1 aromatic carbocycles. The Morgan fingerprint density at radius 2 is 1.92 bits per heavy atom. The number of benzene rings is 1. The van der Waals surface area contributed by atoms with Crippen molar-refractivity contribution in [3.05, 3.63) is 48.9 Å². The van der Waals surface area contributed by atoms with E-state index in [0.29, 0.717) is 0 Å². The van der Waals surface area contributed by atoms with Crippen molar-refractivity contribution in [1.29, 1.82) is 0 Å². The van der Waals surface area contributed by atoms with E-state index in [0.717, 1.165) is 25.1 Å². The predicted molar refractivity (Wildman–Crippen MR) is 129 cm³/mol. The maximum absolute atomic E-state index is 13.7. The third kappa shape index (κ3) is 6.69. The second kappa shape index (κ2) is 12.4. The Balaban J connectivity index is 1.81. The van der Waals surface area contributed by atoms with Gasteiger partial charge in [0.05, 0.1) is 32.9 Å². The van der Waals surface area contributed by atoms with Gasteiger partial charge >= 0.3 is 19.7 Å². The van der Waals surface area contributed by atoms with Crippen molar-refractivity contribution in [3.63, 3.8) is 0 Å². The molecule has 1 fully saturated rings. The van der Waals surface area contributed by atoms with Crippen LogP contribution in [0.2, 0.25) is 0 Å². The summed E-state index contributed by atoms with van der Waals surface area (Å²) in [6.45, 7) is 2.87. The Kier molecular flexibility index (Phi) is 9.49. The molecule has 6 N–H and O–H groups in total. The van der Waals surface area contributed by atoms with Crippen molar-refractivity contribution in [3.8, 4) is 11.6 Å². The molecule has 1 aliphatic heterocycles. The molecule has 16 heteroatoms. The number of aliphatic hydroxyl groups is 2. The number of rotatable bonds is 12. The van der Waals surface area contributed by atoms with Gasteiger partial charge in [0.2, 0.25) is 5.88 Å². The average molecular weight is 556 g/mol. The van der Waals surface area contributed by atoms with E-state index in [-0.39, 0.29) is 17.1 Å². The summed E-state index contributed by atoms with van der Waals surface area (Å²) in [5.74, 6) is -2.12. The van der Waals surface area contributed by atoms with Crippen LogP contribution in [0.3, 0.4) is 0 Å². The van der Waals surface area contributed by atoms with Crippen molar-refractivity contribution in [2.75, 3.05) is 20.8 Å². The summed E-state index contributed by atoms with van der Waals surface area (Å²) in [4.78, 5) is 28.0. The summed E-state index contributed by atoms with van der Waals surface area (Å²) in [6, 6.07) is 6.33. The molecule has 0 spiro atoms. The van der Waals surface area contributed by atoms with Gasteiger partial charge in [0.1, 0.15) is 42.1 Å². The first-order valence-electron chi connectivity index (χ1n) is 11.1. The van der Waals surface area contributed by atoms with Gasteiger partial charge < -0.3 is 39.8 Å². The van der Waals surface area contributed by atoms with Crippen LogP contribution < -0.4 is 15.3 Å². The smallest absolute Gasteiger partial charge is 0.459 e. The summed E-state index contributed by atoms with van der Waals surface area (Å²) in [5, 5.41) is 33.8. The number of nitrogens with two attached hydrogens (primary N) is 1. The van der Waals surface area contributed by atoms with Gasteiger partial charge in [-0.3, -0.25) is 18.7 Å². The lowest BCUT2D eigenvalue weighted by molar-refractivity contribution is -0.149. The number of methoxy groups -OCH3 is 2. The minimum Gasteiger partial charge on any atom is -0.493 e. The third-order valence-electron chi connectivity index (χ3n) is 5.46. The number of imidazole rings is 1. The summed E-state index contributed by atoms with van der Waals surface area (Å²) < 4.78 is 40.6. The molecule has 2 heterocycles. The number of carbonyl (C=O) groups is 2. The van der Waals surface area contributed by atoms with E-state index in [1.165, 1.54) is 12.1 Å². The second-order valence-electron chi connectivity index (χ2n) is 8.08. The molecule has 1 unspecified atom stereocenters. The monoisotopic (exact) mass is 556 g/mol. The van der Waals surface area contributed by atoms with Crippen molar-refractivity contribution in [1.82, 2.24) is 14.6 Å². The first kappa shape index (κ1) is 29.1. The van der Waals surface area contributed by atoms with E-state index in [2.05, 4.69) is 26.1 Å². The van der Waals surface area contributed by atoms with Crippen LogP contribution in [-0.2, 0) is 32.9 Å². The highest BCUT2D eigenvalue weighted by atomic mass is 31.2. The van der Waals surface area contributed by atoms with Crippen LogP contribution in [0.25, 0.3) is 5.70 Å². The molecule has 1 saturated heterocycles. The lowest BCUT2D eigenvalue weighted by atomic mass is 10.1. The SMILES string of the molecule is C=C(N)c1ncn([C@@H]2O[C@H](COP(=O)(N[C@@H](CC(=O)OC)C(=O)OC)Oc3ccccc3)[C@@H](O)[C@H]2O)c1O. The first-order valence-corrected chi connectivity index (χ1v) is 12.7. The highest BCUT2D eigenvalue weighted by Crippen LogP contribution is 2.46. The fourth-order valence-electron chi connectivity index (χ4n) is 3.51. The fraction of sp³-hybridized carbons (Fsp3) is 0.409. The molecule has 2 aromatic rings. The number of esters is 2. The number of hydrogen-bond acceptors (Lipinski definition) is 13. The van der Waals surface area contributed by atoms with Crippen LogP contribution in [0.15, 0.2) is 43.2 Å². The minimum absolute atomic E-state index is 0.0358. The highest BCUT2D eigenvalue weighted by molar-refractivity contribution is 7.52. The number of hydrogen-bond donors (Lipinski definition) is 5. The van der Waals surface area contributed by atoms with Gasteiger partial charge in [0.15, 0.2) is 6.23 Å². The Bertz CT molecular complexity index is 1190. The molecule has 0 bridgehead atoms. The molecule has 0 aliphatic carbocycles. The lowest BCUT2D eigenvalue weighted by Gasteiger charge is -2.25. The average Bonchev–Trinajstić information content (AvgIpc) is 3.41. The molecule has 208 valence electrons. The van der Waals surface area contributed by atoms with Crippen molar-refractivity contribution < 1.29 is 52.7 Å². The lowest BCUT2D eigenvalue weighted by Crippen LogP contribution is -2.40. The number of nitrogens with one attached hydrogen (secondary N) is 1. The van der Waals surface area contributed by atoms with Crippen LogP contribution in [-0.4, -0.2) is 82.0 Å². The number of ether oxygens (including phenoxy) is 3. The summed E-state index contributed by atoms with van der Waals surface area (Å²) in [5.41, 5.74) is 5.49. The van der Waals surface area contributed by atoms with E-state index in [1.807, 2.05) is 0 Å². The van der Waals surface area contributed by atoms with Gasteiger partial charge in [-0.05, 0) is 12.1 Å². The zero-order chi connectivity index (χ0) is 28.0. The molecule has 15 nitrogen and oxygen atoms in total. The Morgan fingerprint density at radius 3 is 2.50 bits per heavy atom. The van der Waals surface area contributed by atoms with Crippen LogP contribution in [0, 0.1) is 0 Å². The zero-order valence-electron chi connectivity index (χ0n) is 20.5. The first-order chi connectivity index (χ1) is 18.0. The Labute approximate surface area is 217 Å². The van der Waals surface area contributed by atoms with Crippen molar-refractivity contribution in [2.45, 2.75) is 37.0 Å². The largest absolute Gasteiger partial charge is 0.493 e. The third-order valence-corrected chi connectivity index (χ3v) is 7.03. The molecule has 1 aromatic heterocycles. The number of aromatic nitrogens is 2. The quantitative estimate of drug-likeness (QED) is 0.172. The molecule has 38 heavy (non-hydrogen) atoms. The van der Waals surface area contributed by atoms with Crippen LogP contribution >= 0.6 is 7.75 Å². The Morgan fingerprint density at radius 1 is 1.24 bits per heavy atom. The van der Waals surface area contributed by atoms with Crippen LogP contribution in [0.5, 0.6) is 11.6 Å². The van der Waals surface area contributed by atoms with Crippen molar-refractivity contribution >= 4 is 25.4 Å². The van der Waals surface area contributed by atoms with Gasteiger partial charge in [-0.25, -0.2) is 9.55 Å². The topological polar surface area (TPSA) is 214 Å². The zero-order valence-corrected chi connectivity index (χ0v) is 21.4. The summed E-state index contributed by atoms with van der Waals surface area (Å²) in [6.07, 6.45) is -5.16. The molecule has 0 amide bonds. The second-order valence-corrected chi connectivity index (χ2v) is 9.77. The van der Waals surface area contributed by atoms with Gasteiger partial charge in [0.25, 0.3) is 0 Å². The Hall–Kier alpha value is -3.46. The summed E-state index contributed by atoms with van der Waals surface area (Å²) in [7, 11) is -2.29. The van der Waals surface area contributed by atoms with Crippen LogP contribution in [0.1, 0.15) is 18.3 Å². The fourth-order valence-corrected chi connectivity index (χ4v) is 5.01. The highest BCUT2D eigenvalue weighted by Gasteiger charge is 2.46. The van der Waals surface area contributed by atoms with Gasteiger partial charge in [-0.15, -0.1) is 0 Å². The number of aliphatic hydroxyl groups excluding tert-OH is 2. The molecular weight excluding hydrogens is 527 g/mol. The molecule has 0 radical (unpaired) electrons. The molecule has 3 rings (SSSR count). The van der Waals surface area contributed by atoms with Gasteiger partial charge in [-0.1, -0.05) is 24.8 Å². The number of carbonyl (C=O) groups excluding carboxylic acids is 2. The van der Waals surface area contributed by atoms with Crippen LogP contribution in [0.4, 0.5) is 0 Å². The van der Waals surface area contributed by atoms with Gasteiger partial charge in [-0.2, -0.15) is 5.09 Å². The van der Waals surface area contributed by atoms with Crippen molar-refractivity contribution in [2.24, 2.45) is 5.73 Å².